The summed E-state index contributed by atoms with van der Waals surface area (Å²) >= 11 is 0. The summed E-state index contributed by atoms with van der Waals surface area (Å²) in [5.74, 6) is -0.796. The molecule has 1 atom stereocenters. The van der Waals surface area contributed by atoms with Crippen LogP contribution in [0.5, 0.6) is 0 Å². The van der Waals surface area contributed by atoms with Crippen molar-refractivity contribution in [2.75, 3.05) is 10.8 Å². The molecule has 0 aromatic heterocycles. The monoisotopic (exact) mass is 549 g/mol. The van der Waals surface area contributed by atoms with Crippen molar-refractivity contribution in [3.8, 4) is 0 Å². The van der Waals surface area contributed by atoms with E-state index in [4.69, 9.17) is 0 Å². The van der Waals surface area contributed by atoms with Crippen LogP contribution in [0.3, 0.4) is 0 Å². The number of nitrogens with zero attached hydrogens (tertiary/aromatic N) is 2. The Bertz CT molecular complexity index is 1410. The maximum atomic E-state index is 14.0. The van der Waals surface area contributed by atoms with Gasteiger partial charge in [0.1, 0.15) is 12.6 Å². The molecule has 0 heterocycles. The van der Waals surface area contributed by atoms with Gasteiger partial charge in [0, 0.05) is 12.1 Å². The topological polar surface area (TPSA) is 86.8 Å². The summed E-state index contributed by atoms with van der Waals surface area (Å²) in [6, 6.07) is 20.4. The van der Waals surface area contributed by atoms with Gasteiger partial charge in [-0.1, -0.05) is 54.1 Å². The number of nitrogens with one attached hydrogen (secondary N) is 1. The fourth-order valence-corrected chi connectivity index (χ4v) is 5.49. The van der Waals surface area contributed by atoms with Crippen molar-refractivity contribution < 1.29 is 18.0 Å². The summed E-state index contributed by atoms with van der Waals surface area (Å²) in [7, 11) is -4.09. The van der Waals surface area contributed by atoms with Crippen molar-refractivity contribution in [3.05, 3.63) is 95.1 Å². The molecule has 0 saturated heterocycles. The van der Waals surface area contributed by atoms with Crippen molar-refractivity contribution in [1.29, 1.82) is 0 Å². The maximum absolute atomic E-state index is 14.0. The van der Waals surface area contributed by atoms with E-state index in [1.165, 1.54) is 4.90 Å². The summed E-state index contributed by atoms with van der Waals surface area (Å²) < 4.78 is 29.0. The van der Waals surface area contributed by atoms with Gasteiger partial charge >= 0.3 is 0 Å². The quantitative estimate of drug-likeness (QED) is 0.401. The standard InChI is InChI=1S/C31H39N3O4S/c1-22-13-17-28(18-14-22)39(37,38)34(27-16-15-23(2)24(3)19-27)21-29(35)33(20-26-11-9-8-10-12-26)25(4)30(36)32-31(5,6)7/h8-19,25H,20-21H2,1-7H3,(H,32,36). The van der Waals surface area contributed by atoms with Crippen LogP contribution in [0.4, 0.5) is 5.69 Å². The Hall–Kier alpha value is -3.65. The van der Waals surface area contributed by atoms with E-state index in [-0.39, 0.29) is 17.3 Å². The predicted molar refractivity (Wildman–Crippen MR) is 156 cm³/mol. The molecule has 0 aliphatic heterocycles. The van der Waals surface area contributed by atoms with Crippen LogP contribution in [-0.4, -0.2) is 43.3 Å². The van der Waals surface area contributed by atoms with E-state index in [1.807, 2.05) is 77.9 Å². The molecule has 39 heavy (non-hydrogen) atoms. The van der Waals surface area contributed by atoms with Gasteiger partial charge in [0.15, 0.2) is 0 Å². The highest BCUT2D eigenvalue weighted by atomic mass is 32.2. The number of carbonyl (C=O) groups is 2. The van der Waals surface area contributed by atoms with Gasteiger partial charge in [0.2, 0.25) is 11.8 Å². The number of hydrogen-bond acceptors (Lipinski definition) is 4. The summed E-state index contributed by atoms with van der Waals surface area (Å²) in [6.07, 6.45) is 0. The van der Waals surface area contributed by atoms with Crippen molar-refractivity contribution in [2.24, 2.45) is 0 Å². The normalized spacial score (nSPS) is 12.5. The summed E-state index contributed by atoms with van der Waals surface area (Å²) in [4.78, 5) is 28.6. The number of aryl methyl sites for hydroxylation is 3. The molecule has 1 unspecified atom stereocenters. The summed E-state index contributed by atoms with van der Waals surface area (Å²) in [5, 5.41) is 2.94. The first kappa shape index (κ1) is 29.9. The van der Waals surface area contributed by atoms with Crippen LogP contribution in [0.2, 0.25) is 0 Å². The van der Waals surface area contributed by atoms with Gasteiger partial charge in [0.25, 0.3) is 10.0 Å². The van der Waals surface area contributed by atoms with Gasteiger partial charge in [-0.3, -0.25) is 13.9 Å². The molecule has 0 aliphatic carbocycles. The van der Waals surface area contributed by atoms with Crippen molar-refractivity contribution >= 4 is 27.5 Å². The molecule has 3 aromatic carbocycles. The Balaban J connectivity index is 2.05. The van der Waals surface area contributed by atoms with E-state index in [2.05, 4.69) is 5.32 Å². The minimum Gasteiger partial charge on any atom is -0.350 e. The first-order valence-electron chi connectivity index (χ1n) is 13.0. The molecule has 0 spiro atoms. The summed E-state index contributed by atoms with van der Waals surface area (Å²) in [5.41, 5.74) is 3.57. The molecule has 0 radical (unpaired) electrons. The third-order valence-corrected chi connectivity index (χ3v) is 8.32. The minimum absolute atomic E-state index is 0.0901. The van der Waals surface area contributed by atoms with Gasteiger partial charge in [-0.25, -0.2) is 8.42 Å². The molecular weight excluding hydrogens is 510 g/mol. The lowest BCUT2D eigenvalue weighted by Crippen LogP contribution is -2.54. The number of sulfonamides is 1. The Morgan fingerprint density at radius 2 is 1.49 bits per heavy atom. The third-order valence-electron chi connectivity index (χ3n) is 6.53. The molecule has 0 saturated carbocycles. The highest BCUT2D eigenvalue weighted by molar-refractivity contribution is 7.92. The van der Waals surface area contributed by atoms with Crippen LogP contribution >= 0.6 is 0 Å². The average Bonchev–Trinajstić information content (AvgIpc) is 2.86. The number of benzene rings is 3. The van der Waals surface area contributed by atoms with Gasteiger partial charge in [0.05, 0.1) is 10.6 Å². The number of amides is 2. The second-order valence-corrected chi connectivity index (χ2v) is 12.9. The van der Waals surface area contributed by atoms with Crippen molar-refractivity contribution in [3.63, 3.8) is 0 Å². The van der Waals surface area contributed by atoms with E-state index in [0.29, 0.717) is 5.69 Å². The maximum Gasteiger partial charge on any atom is 0.264 e. The average molecular weight is 550 g/mol. The molecule has 0 aliphatic rings. The highest BCUT2D eigenvalue weighted by Gasteiger charge is 2.33. The van der Waals surface area contributed by atoms with E-state index in [1.54, 1.807) is 43.3 Å². The number of rotatable bonds is 9. The van der Waals surface area contributed by atoms with E-state index >= 15 is 0 Å². The molecule has 3 rings (SSSR count). The zero-order chi connectivity index (χ0) is 29.0. The summed E-state index contributed by atoms with van der Waals surface area (Å²) in [6.45, 7) is 12.7. The number of carbonyl (C=O) groups excluding carboxylic acids is 2. The molecule has 208 valence electrons. The van der Waals surface area contributed by atoms with Crippen LogP contribution in [0.25, 0.3) is 0 Å². The van der Waals surface area contributed by atoms with Crippen LogP contribution in [0, 0.1) is 20.8 Å². The predicted octanol–water partition coefficient (Wildman–Crippen LogP) is 5.14. The second kappa shape index (κ2) is 12.0. The van der Waals surface area contributed by atoms with Gasteiger partial charge in [-0.15, -0.1) is 0 Å². The molecule has 3 aromatic rings. The first-order valence-corrected chi connectivity index (χ1v) is 14.4. The Kier molecular flexibility index (Phi) is 9.22. The molecular formula is C31H39N3O4S. The van der Waals surface area contributed by atoms with E-state index in [0.717, 1.165) is 26.6 Å². The van der Waals surface area contributed by atoms with Crippen molar-refractivity contribution in [2.45, 2.75) is 71.5 Å². The van der Waals surface area contributed by atoms with Crippen LogP contribution in [-0.2, 0) is 26.2 Å². The van der Waals surface area contributed by atoms with Crippen molar-refractivity contribution in [1.82, 2.24) is 10.2 Å². The second-order valence-electron chi connectivity index (χ2n) is 11.0. The third kappa shape index (κ3) is 7.69. The van der Waals surface area contributed by atoms with Crippen LogP contribution in [0.15, 0.2) is 77.7 Å². The lowest BCUT2D eigenvalue weighted by Gasteiger charge is -2.33. The lowest BCUT2D eigenvalue weighted by molar-refractivity contribution is -0.140. The largest absolute Gasteiger partial charge is 0.350 e. The van der Waals surface area contributed by atoms with E-state index < -0.39 is 34.1 Å². The molecule has 7 nitrogen and oxygen atoms in total. The first-order chi connectivity index (χ1) is 18.2. The van der Waals surface area contributed by atoms with Gasteiger partial charge in [-0.2, -0.15) is 0 Å². The van der Waals surface area contributed by atoms with Gasteiger partial charge in [-0.05, 0) is 89.4 Å². The van der Waals surface area contributed by atoms with Crippen LogP contribution in [0.1, 0.15) is 49.9 Å². The lowest BCUT2D eigenvalue weighted by atomic mass is 10.1. The Morgan fingerprint density at radius 1 is 0.872 bits per heavy atom. The zero-order valence-corrected chi connectivity index (χ0v) is 24.7. The SMILES string of the molecule is Cc1ccc(S(=O)(=O)N(CC(=O)N(Cc2ccccc2)C(C)C(=O)NC(C)(C)C)c2ccc(C)c(C)c2)cc1. The zero-order valence-electron chi connectivity index (χ0n) is 23.9. The van der Waals surface area contributed by atoms with E-state index in [9.17, 15) is 18.0 Å². The molecule has 8 heteroatoms. The Morgan fingerprint density at radius 3 is 2.05 bits per heavy atom. The minimum atomic E-state index is -4.09. The molecule has 2 amide bonds. The molecule has 1 N–H and O–H groups in total. The van der Waals surface area contributed by atoms with Crippen LogP contribution < -0.4 is 9.62 Å². The fourth-order valence-electron chi connectivity index (χ4n) is 4.08. The van der Waals surface area contributed by atoms with Gasteiger partial charge < -0.3 is 10.2 Å². The fraction of sp³-hybridized carbons (Fsp3) is 0.355. The molecule has 0 bridgehead atoms. The molecule has 0 fully saturated rings. The highest BCUT2D eigenvalue weighted by Crippen LogP contribution is 2.27. The number of hydrogen-bond donors (Lipinski definition) is 1. The number of anilines is 1. The Labute approximate surface area is 232 Å². The smallest absolute Gasteiger partial charge is 0.264 e.